The summed E-state index contributed by atoms with van der Waals surface area (Å²) >= 11 is 7.79. The second-order valence-corrected chi connectivity index (χ2v) is 9.30. The molecule has 0 aliphatic heterocycles. The normalized spacial score (nSPS) is 13.7. The van der Waals surface area contributed by atoms with E-state index in [1.807, 2.05) is 20.9 Å². The smallest absolute Gasteiger partial charge is 0.157 e. The number of allylic oxidation sites excluding steroid dienone is 1. The number of hydrogen-bond acceptors (Lipinski definition) is 6. The van der Waals surface area contributed by atoms with Crippen LogP contribution in [0.3, 0.4) is 0 Å². The molecule has 0 radical (unpaired) electrons. The van der Waals surface area contributed by atoms with Crippen molar-refractivity contribution < 1.29 is 9.22 Å². The summed E-state index contributed by atoms with van der Waals surface area (Å²) in [6.07, 6.45) is 11.8. The summed E-state index contributed by atoms with van der Waals surface area (Å²) in [5, 5.41) is 0.536. The van der Waals surface area contributed by atoms with Gasteiger partial charge in [-0.2, -0.15) is 0 Å². The van der Waals surface area contributed by atoms with Crippen LogP contribution in [0.1, 0.15) is 70.0 Å². The molecule has 0 fully saturated rings. The molecular formula is C22H33ClN4O2S. The Morgan fingerprint density at radius 3 is 2.87 bits per heavy atom. The first-order valence-corrected chi connectivity index (χ1v) is 12.0. The third kappa shape index (κ3) is 5.98. The third-order valence-electron chi connectivity index (χ3n) is 5.12. The highest BCUT2D eigenvalue weighted by Gasteiger charge is 2.21. The molecule has 0 spiro atoms. The SMILES string of the molecule is CCCCc1nc2c(Cl)nc3c(c2n1CCCCN(C)SOOC(C)C)C=CCC3. The van der Waals surface area contributed by atoms with Crippen molar-refractivity contribution in [3.8, 4) is 0 Å². The number of aromatic nitrogens is 3. The third-order valence-corrected chi connectivity index (χ3v) is 5.96. The zero-order valence-electron chi connectivity index (χ0n) is 18.5. The minimum Gasteiger partial charge on any atom is -0.327 e. The van der Waals surface area contributed by atoms with Gasteiger partial charge in [0.25, 0.3) is 0 Å². The quantitative estimate of drug-likeness (QED) is 0.0979. The van der Waals surface area contributed by atoms with E-state index in [0.29, 0.717) is 5.15 Å². The van der Waals surface area contributed by atoms with Crippen LogP contribution in [0.15, 0.2) is 6.08 Å². The molecule has 6 nitrogen and oxygen atoms in total. The van der Waals surface area contributed by atoms with Crippen molar-refractivity contribution in [3.05, 3.63) is 28.3 Å². The molecule has 166 valence electrons. The van der Waals surface area contributed by atoms with Gasteiger partial charge >= 0.3 is 0 Å². The summed E-state index contributed by atoms with van der Waals surface area (Å²) < 4.78 is 9.60. The lowest BCUT2D eigenvalue weighted by Gasteiger charge is -2.16. The van der Waals surface area contributed by atoms with Crippen LogP contribution in [0.2, 0.25) is 5.15 Å². The Morgan fingerprint density at radius 2 is 2.10 bits per heavy atom. The molecule has 0 aromatic carbocycles. The maximum atomic E-state index is 6.54. The maximum Gasteiger partial charge on any atom is 0.157 e. The topological polar surface area (TPSA) is 52.4 Å². The molecule has 8 heteroatoms. The minimum atomic E-state index is 0.0586. The highest BCUT2D eigenvalue weighted by Crippen LogP contribution is 2.32. The first-order valence-electron chi connectivity index (χ1n) is 11.0. The van der Waals surface area contributed by atoms with Gasteiger partial charge in [0.15, 0.2) is 5.15 Å². The predicted octanol–water partition coefficient (Wildman–Crippen LogP) is 6.02. The lowest BCUT2D eigenvalue weighted by molar-refractivity contribution is -0.222. The number of nitrogens with zero attached hydrogens (tertiary/aromatic N) is 4. The van der Waals surface area contributed by atoms with Gasteiger partial charge < -0.3 is 4.57 Å². The molecule has 0 saturated heterocycles. The molecular weight excluding hydrogens is 420 g/mol. The molecule has 0 amide bonds. The summed E-state index contributed by atoms with van der Waals surface area (Å²) in [4.78, 5) is 14.7. The Balaban J connectivity index is 1.72. The molecule has 2 heterocycles. The molecule has 0 atom stereocenters. The first-order chi connectivity index (χ1) is 14.5. The number of halogens is 1. The van der Waals surface area contributed by atoms with Gasteiger partial charge in [0.1, 0.15) is 23.6 Å². The minimum absolute atomic E-state index is 0.0586. The summed E-state index contributed by atoms with van der Waals surface area (Å²) in [5.74, 6) is 1.12. The summed E-state index contributed by atoms with van der Waals surface area (Å²) in [6, 6.07) is 0. The molecule has 1 aliphatic rings. The summed E-state index contributed by atoms with van der Waals surface area (Å²) in [6.45, 7) is 7.95. The predicted molar refractivity (Wildman–Crippen MR) is 125 cm³/mol. The van der Waals surface area contributed by atoms with Crippen LogP contribution in [0.25, 0.3) is 17.1 Å². The van der Waals surface area contributed by atoms with Crippen LogP contribution in [0.4, 0.5) is 0 Å². The van der Waals surface area contributed by atoms with E-state index in [2.05, 4.69) is 32.9 Å². The molecule has 1 aliphatic carbocycles. The van der Waals surface area contributed by atoms with Gasteiger partial charge in [-0.3, -0.25) is 0 Å². The van der Waals surface area contributed by atoms with E-state index in [9.17, 15) is 0 Å². The van der Waals surface area contributed by atoms with E-state index >= 15 is 0 Å². The van der Waals surface area contributed by atoms with E-state index in [1.165, 1.54) is 17.8 Å². The number of pyridine rings is 1. The molecule has 3 rings (SSSR count). The average Bonchev–Trinajstić information content (AvgIpc) is 3.09. The monoisotopic (exact) mass is 452 g/mol. The highest BCUT2D eigenvalue weighted by molar-refractivity contribution is 7.92. The number of hydrogen-bond donors (Lipinski definition) is 0. The summed E-state index contributed by atoms with van der Waals surface area (Å²) in [7, 11) is 2.01. The Morgan fingerprint density at radius 1 is 1.27 bits per heavy atom. The van der Waals surface area contributed by atoms with Crippen LogP contribution in [-0.4, -0.2) is 38.5 Å². The van der Waals surface area contributed by atoms with Crippen LogP contribution in [0.5, 0.6) is 0 Å². The molecule has 0 unspecified atom stereocenters. The molecule has 0 bridgehead atoms. The number of rotatable bonds is 12. The van der Waals surface area contributed by atoms with Crippen molar-refractivity contribution in [2.75, 3.05) is 13.6 Å². The maximum absolute atomic E-state index is 6.54. The van der Waals surface area contributed by atoms with Gasteiger partial charge in [-0.1, -0.05) is 37.1 Å². The van der Waals surface area contributed by atoms with Crippen molar-refractivity contribution >= 4 is 40.9 Å². The second kappa shape index (κ2) is 11.5. The number of fused-ring (bicyclic) bond motifs is 3. The fourth-order valence-corrected chi connectivity index (χ4v) is 4.36. The Bertz CT molecular complexity index is 869. The lowest BCUT2D eigenvalue weighted by atomic mass is 10.0. The van der Waals surface area contributed by atoms with Crippen LogP contribution >= 0.6 is 23.8 Å². The Hall–Kier alpha value is -1.12. The molecule has 0 N–H and O–H groups in total. The van der Waals surface area contributed by atoms with Crippen molar-refractivity contribution in [2.24, 2.45) is 0 Å². The van der Waals surface area contributed by atoms with E-state index in [0.717, 1.165) is 80.6 Å². The van der Waals surface area contributed by atoms with Gasteiger partial charge in [-0.15, -0.1) is 4.33 Å². The van der Waals surface area contributed by atoms with Crippen LogP contribution in [0, 0.1) is 0 Å². The van der Waals surface area contributed by atoms with Gasteiger partial charge in [-0.05, 0) is 53.0 Å². The summed E-state index contributed by atoms with van der Waals surface area (Å²) in [5.41, 5.74) is 4.29. The van der Waals surface area contributed by atoms with Crippen LogP contribution < -0.4 is 0 Å². The first kappa shape index (κ1) is 23.5. The van der Waals surface area contributed by atoms with Gasteiger partial charge in [0.05, 0.1) is 17.3 Å². The molecule has 0 saturated carbocycles. The molecule has 30 heavy (non-hydrogen) atoms. The van der Waals surface area contributed by atoms with Crippen molar-refractivity contribution in [1.29, 1.82) is 0 Å². The van der Waals surface area contributed by atoms with E-state index in [4.69, 9.17) is 25.8 Å². The van der Waals surface area contributed by atoms with Crippen LogP contribution in [-0.2, 0) is 28.6 Å². The van der Waals surface area contributed by atoms with E-state index in [1.54, 1.807) is 0 Å². The number of aryl methyl sites for hydroxylation is 3. The van der Waals surface area contributed by atoms with Gasteiger partial charge in [0.2, 0.25) is 0 Å². The lowest BCUT2D eigenvalue weighted by Crippen LogP contribution is -2.14. The zero-order chi connectivity index (χ0) is 21.5. The zero-order valence-corrected chi connectivity index (χ0v) is 20.1. The van der Waals surface area contributed by atoms with Crippen molar-refractivity contribution in [2.45, 2.75) is 78.4 Å². The highest BCUT2D eigenvalue weighted by atomic mass is 35.5. The average molecular weight is 453 g/mol. The molecule has 2 aromatic heterocycles. The largest absolute Gasteiger partial charge is 0.327 e. The van der Waals surface area contributed by atoms with E-state index < -0.39 is 0 Å². The van der Waals surface area contributed by atoms with Gasteiger partial charge in [-0.25, -0.2) is 19.2 Å². The fraction of sp³-hybridized carbons (Fsp3) is 0.636. The van der Waals surface area contributed by atoms with Crippen molar-refractivity contribution in [3.63, 3.8) is 0 Å². The fourth-order valence-electron chi connectivity index (χ4n) is 3.63. The number of imidazole rings is 1. The van der Waals surface area contributed by atoms with Gasteiger partial charge in [0, 0.05) is 25.1 Å². The van der Waals surface area contributed by atoms with Crippen molar-refractivity contribution in [1.82, 2.24) is 18.8 Å². The standard InChI is InChI=1S/C22H33ClN4O2S/c1-5-6-13-19-25-20-21(17-11-7-8-12-18(17)24-22(20)23)27(19)15-10-9-14-26(4)30-29-28-16(2)3/h7,11,16H,5-6,8-10,12-15H2,1-4H3. The second-order valence-electron chi connectivity index (χ2n) is 8.03. The Kier molecular flexibility index (Phi) is 9.01. The molecule has 2 aromatic rings. The van der Waals surface area contributed by atoms with E-state index in [-0.39, 0.29) is 6.10 Å². The Labute approximate surface area is 189 Å². The number of unbranched alkanes of at least 4 members (excludes halogenated alkanes) is 2.